The largest absolute Gasteiger partial charge is 0.508 e. The number of nitrogens with one attached hydrogen (secondary N) is 2. The molecule has 5 rings (SSSR count). The second-order valence-electron chi connectivity index (χ2n) is 11.3. The van der Waals surface area contributed by atoms with Crippen molar-refractivity contribution in [1.82, 2.24) is 10.6 Å². The Labute approximate surface area is 224 Å². The molecule has 3 unspecified atom stereocenters. The van der Waals surface area contributed by atoms with Crippen LogP contribution in [0.1, 0.15) is 47.2 Å². The summed E-state index contributed by atoms with van der Waals surface area (Å²) in [6.45, 7) is 0.706. The number of amides is 2. The van der Waals surface area contributed by atoms with E-state index in [4.69, 9.17) is 5.73 Å². The lowest BCUT2D eigenvalue weighted by atomic mass is 9.57. The molecule has 6 atom stereocenters. The van der Waals surface area contributed by atoms with Crippen molar-refractivity contribution in [2.75, 3.05) is 25.5 Å². The number of nitrogens with two attached hydrogens (primary N) is 1. The van der Waals surface area contributed by atoms with E-state index < -0.39 is 52.7 Å². The van der Waals surface area contributed by atoms with Gasteiger partial charge in [-0.1, -0.05) is 0 Å². The number of hydrogen-bond acceptors (Lipinski definition) is 10. The first kappa shape index (κ1) is 27.1. The van der Waals surface area contributed by atoms with Gasteiger partial charge in [0.05, 0.1) is 17.7 Å². The Morgan fingerprint density at radius 3 is 2.56 bits per heavy atom. The molecule has 0 bridgehead atoms. The van der Waals surface area contributed by atoms with E-state index in [1.54, 1.807) is 25.1 Å². The zero-order valence-electron chi connectivity index (χ0n) is 21.9. The van der Waals surface area contributed by atoms with Crippen LogP contribution in [0.4, 0.5) is 5.69 Å². The van der Waals surface area contributed by atoms with Gasteiger partial charge in [-0.15, -0.1) is 0 Å². The van der Waals surface area contributed by atoms with Crippen molar-refractivity contribution in [3.63, 3.8) is 0 Å². The molecule has 1 saturated carbocycles. The Hall–Kier alpha value is -3.48. The van der Waals surface area contributed by atoms with Gasteiger partial charge in [-0.25, -0.2) is 0 Å². The smallest absolute Gasteiger partial charge is 0.237 e. The zero-order valence-corrected chi connectivity index (χ0v) is 21.9. The third-order valence-electron chi connectivity index (χ3n) is 8.76. The number of Topliss-reactive ketones (excluding diaryl/α,β-unsaturated/α-hetero) is 2. The average molecular weight is 543 g/mol. The summed E-state index contributed by atoms with van der Waals surface area (Å²) >= 11 is 0. The first-order valence-electron chi connectivity index (χ1n) is 13.2. The lowest BCUT2D eigenvalue weighted by Gasteiger charge is -2.48. The van der Waals surface area contributed by atoms with Gasteiger partial charge in [-0.3, -0.25) is 19.2 Å². The summed E-state index contributed by atoms with van der Waals surface area (Å²) in [4.78, 5) is 53.3. The number of benzene rings is 1. The van der Waals surface area contributed by atoms with Gasteiger partial charge < -0.3 is 41.7 Å². The van der Waals surface area contributed by atoms with Gasteiger partial charge in [0, 0.05) is 43.4 Å². The highest BCUT2D eigenvalue weighted by Gasteiger charge is 2.62. The van der Waals surface area contributed by atoms with Gasteiger partial charge in [0.2, 0.25) is 11.8 Å². The number of hydrogen-bond donors (Lipinski definition) is 7. The van der Waals surface area contributed by atoms with Crippen LogP contribution in [0.3, 0.4) is 0 Å². The first-order valence-corrected chi connectivity index (χ1v) is 13.2. The minimum absolute atomic E-state index is 0.0403. The Bertz CT molecular complexity index is 1300. The first-order chi connectivity index (χ1) is 18.4. The Morgan fingerprint density at radius 2 is 1.95 bits per heavy atom. The number of primary amides is 1. The fourth-order valence-corrected chi connectivity index (χ4v) is 6.78. The number of allylic oxidation sites excluding steroid dienone is 1. The number of carbonyl (C=O) groups is 4. The van der Waals surface area contributed by atoms with E-state index in [2.05, 4.69) is 10.6 Å². The van der Waals surface area contributed by atoms with Gasteiger partial charge >= 0.3 is 0 Å². The number of nitrogens with zero attached hydrogens (tertiary/aromatic N) is 1. The van der Waals surface area contributed by atoms with Crippen molar-refractivity contribution >= 4 is 29.1 Å². The number of rotatable bonds is 5. The summed E-state index contributed by atoms with van der Waals surface area (Å²) in [5.74, 6) is -7.71. The zero-order chi connectivity index (χ0) is 28.4. The van der Waals surface area contributed by atoms with E-state index in [0.717, 1.165) is 13.0 Å². The molecule has 8 N–H and O–H groups in total. The van der Waals surface area contributed by atoms with Crippen LogP contribution in [0.2, 0.25) is 0 Å². The maximum atomic E-state index is 13.9. The van der Waals surface area contributed by atoms with Crippen molar-refractivity contribution < 1.29 is 39.6 Å². The lowest BCUT2D eigenvalue weighted by molar-refractivity contribution is -0.167. The van der Waals surface area contributed by atoms with Crippen LogP contribution >= 0.6 is 0 Å². The number of carbonyl (C=O) groups excluding carboxylic acids is 4. The molecule has 2 fully saturated rings. The van der Waals surface area contributed by atoms with Crippen LogP contribution in [0, 0.1) is 17.8 Å². The molecule has 4 aliphatic rings. The van der Waals surface area contributed by atoms with Crippen molar-refractivity contribution in [2.45, 2.75) is 56.4 Å². The normalized spacial score (nSPS) is 31.8. The third-order valence-corrected chi connectivity index (χ3v) is 8.76. The summed E-state index contributed by atoms with van der Waals surface area (Å²) in [5, 5.41) is 50.2. The highest BCUT2D eigenvalue weighted by molar-refractivity contribution is 6.16. The van der Waals surface area contributed by atoms with Crippen molar-refractivity contribution in [3.05, 3.63) is 34.1 Å². The van der Waals surface area contributed by atoms with Crippen LogP contribution < -0.4 is 21.3 Å². The molecule has 0 spiro atoms. The molecule has 3 aliphatic carbocycles. The van der Waals surface area contributed by atoms with E-state index in [1.807, 2.05) is 0 Å². The molecule has 39 heavy (non-hydrogen) atoms. The molecular formula is C27H34N4O8. The molecule has 0 radical (unpaired) electrons. The quantitative estimate of drug-likeness (QED) is 0.230. The monoisotopic (exact) mass is 542 g/mol. The van der Waals surface area contributed by atoms with Crippen molar-refractivity contribution in [3.8, 4) is 5.75 Å². The molecule has 1 aliphatic heterocycles. The van der Waals surface area contributed by atoms with Crippen LogP contribution in [0.25, 0.3) is 0 Å². The van der Waals surface area contributed by atoms with Crippen molar-refractivity contribution in [1.29, 1.82) is 0 Å². The van der Waals surface area contributed by atoms with Gasteiger partial charge in [0.15, 0.2) is 17.2 Å². The molecule has 210 valence electrons. The predicted octanol–water partition coefficient (Wildman–Crippen LogP) is -0.820. The summed E-state index contributed by atoms with van der Waals surface area (Å²) in [5.41, 5.74) is 3.96. The summed E-state index contributed by atoms with van der Waals surface area (Å²) in [6, 6.07) is 1.39. The SMILES string of the molecule is CN(C)c1cc(CNC(=O)C2CCCN2)c(O)c2c1C[C@H]1C[C@H]3CC(O)C(C(N)=O)C(=O)[C@@]3(O)C(O)=C1C2=O. The second-order valence-corrected chi connectivity index (χ2v) is 11.3. The van der Waals surface area contributed by atoms with Crippen LogP contribution in [-0.2, 0) is 27.3 Å². The fourth-order valence-electron chi connectivity index (χ4n) is 6.78. The Balaban J connectivity index is 1.56. The average Bonchev–Trinajstić information content (AvgIpc) is 3.40. The summed E-state index contributed by atoms with van der Waals surface area (Å²) < 4.78 is 0. The van der Waals surface area contributed by atoms with Crippen LogP contribution in [0.5, 0.6) is 5.75 Å². The number of phenolic OH excluding ortho intramolecular Hbond substituents is 1. The number of fused-ring (bicyclic) bond motifs is 3. The standard InChI is InChI=1S/C27H34N4O8/c1-31(2)16-8-12(10-30-26(38)15-4-3-5-29-15)21(33)19-14(16)7-11-6-13-9-17(32)20(25(28)37)24(36)27(13,39)23(35)18(11)22(19)34/h8,11,13,15,17,20,29,32-33,35,39H,3-7,9-10H2,1-2H3,(H2,28,37)(H,30,38)/t11-,13+,15?,17?,20?,27+/m1/s1. The Kier molecular flexibility index (Phi) is 6.68. The van der Waals surface area contributed by atoms with Gasteiger partial charge in [0.1, 0.15) is 17.4 Å². The highest BCUT2D eigenvalue weighted by atomic mass is 16.3. The van der Waals surface area contributed by atoms with E-state index in [0.29, 0.717) is 23.2 Å². The van der Waals surface area contributed by atoms with E-state index in [-0.39, 0.29) is 54.6 Å². The van der Waals surface area contributed by atoms with Gasteiger partial charge in [-0.05, 0) is 56.2 Å². The predicted molar refractivity (Wildman–Crippen MR) is 138 cm³/mol. The molecular weight excluding hydrogens is 508 g/mol. The molecule has 1 aromatic carbocycles. The third kappa shape index (κ3) is 4.09. The molecule has 12 heteroatoms. The lowest BCUT2D eigenvalue weighted by Crippen LogP contribution is -2.63. The topological polar surface area (TPSA) is 203 Å². The number of aromatic hydroxyl groups is 1. The Morgan fingerprint density at radius 1 is 1.23 bits per heavy atom. The van der Waals surface area contributed by atoms with Crippen LogP contribution in [0.15, 0.2) is 17.4 Å². The molecule has 1 saturated heterocycles. The number of anilines is 1. The number of aliphatic hydroxyl groups excluding tert-OH is 2. The maximum Gasteiger partial charge on any atom is 0.237 e. The second kappa shape index (κ2) is 9.61. The minimum atomic E-state index is -2.56. The fraction of sp³-hybridized carbons (Fsp3) is 0.556. The summed E-state index contributed by atoms with van der Waals surface area (Å²) in [6.07, 6.45) is 0.320. The minimum Gasteiger partial charge on any atom is -0.508 e. The number of phenols is 1. The van der Waals surface area contributed by atoms with E-state index in [9.17, 15) is 39.6 Å². The molecule has 1 aromatic rings. The van der Waals surface area contributed by atoms with Gasteiger partial charge in [0.25, 0.3) is 0 Å². The van der Waals surface area contributed by atoms with Gasteiger partial charge in [-0.2, -0.15) is 0 Å². The van der Waals surface area contributed by atoms with E-state index in [1.165, 1.54) is 0 Å². The molecule has 1 heterocycles. The number of ketones is 2. The highest BCUT2D eigenvalue weighted by Crippen LogP contribution is 2.52. The van der Waals surface area contributed by atoms with Crippen LogP contribution in [-0.4, -0.2) is 82.2 Å². The van der Waals surface area contributed by atoms with Crippen molar-refractivity contribution in [2.24, 2.45) is 23.5 Å². The molecule has 12 nitrogen and oxygen atoms in total. The van der Waals surface area contributed by atoms with E-state index >= 15 is 0 Å². The number of aliphatic hydroxyl groups is 3. The summed E-state index contributed by atoms with van der Waals surface area (Å²) in [7, 11) is 3.56. The molecule has 0 aromatic heterocycles. The molecule has 2 amide bonds. The maximum absolute atomic E-state index is 13.9.